The van der Waals surface area contributed by atoms with Crippen LogP contribution in [0, 0.1) is 0 Å². The molecular formula is C26H29F3N4O. The fourth-order valence-electron chi connectivity index (χ4n) is 4.11. The predicted octanol–water partition coefficient (Wildman–Crippen LogP) is 7.82. The van der Waals surface area contributed by atoms with Crippen molar-refractivity contribution in [3.8, 4) is 5.75 Å². The molecule has 0 unspecified atom stereocenters. The first-order valence-corrected chi connectivity index (χ1v) is 11.7. The molecule has 2 N–H and O–H groups in total. The van der Waals surface area contributed by atoms with Crippen LogP contribution in [-0.4, -0.2) is 16.6 Å². The lowest BCUT2D eigenvalue weighted by atomic mass is 9.97. The molecule has 0 spiro atoms. The average Bonchev–Trinajstić information content (AvgIpc) is 3.35. The van der Waals surface area contributed by atoms with E-state index >= 15 is 0 Å². The van der Waals surface area contributed by atoms with Gasteiger partial charge in [-0.05, 0) is 67.1 Å². The Morgan fingerprint density at radius 1 is 1.00 bits per heavy atom. The van der Waals surface area contributed by atoms with Crippen molar-refractivity contribution in [2.45, 2.75) is 57.5 Å². The number of rotatable bonds is 9. The molecule has 1 aliphatic rings. The Morgan fingerprint density at radius 3 is 2.47 bits per heavy atom. The van der Waals surface area contributed by atoms with Crippen LogP contribution >= 0.6 is 0 Å². The topological polar surface area (TPSA) is 59.1 Å². The van der Waals surface area contributed by atoms with Crippen molar-refractivity contribution in [3.63, 3.8) is 0 Å². The molecule has 1 saturated carbocycles. The molecule has 1 aromatic heterocycles. The van der Waals surface area contributed by atoms with Gasteiger partial charge in [0.05, 0.1) is 6.61 Å². The Hall–Kier alpha value is -3.29. The van der Waals surface area contributed by atoms with E-state index in [1.54, 1.807) is 30.3 Å². The third-order valence-electron chi connectivity index (χ3n) is 5.95. The van der Waals surface area contributed by atoms with Gasteiger partial charge < -0.3 is 15.4 Å². The van der Waals surface area contributed by atoms with Crippen molar-refractivity contribution in [1.82, 2.24) is 9.97 Å². The minimum atomic E-state index is -4.58. The van der Waals surface area contributed by atoms with E-state index in [-0.39, 0.29) is 11.8 Å². The molecule has 0 aliphatic heterocycles. The van der Waals surface area contributed by atoms with Gasteiger partial charge in [-0.1, -0.05) is 38.3 Å². The summed E-state index contributed by atoms with van der Waals surface area (Å²) in [7, 11) is 0. The zero-order valence-corrected chi connectivity index (χ0v) is 19.2. The molecule has 5 nitrogen and oxygen atoms in total. The minimum absolute atomic E-state index is 0.0714. The molecule has 3 aromatic rings. The van der Waals surface area contributed by atoms with E-state index in [1.807, 2.05) is 18.2 Å². The lowest BCUT2D eigenvalue weighted by Gasteiger charge is -2.16. The molecule has 8 heteroatoms. The van der Waals surface area contributed by atoms with Gasteiger partial charge in [0.25, 0.3) is 0 Å². The van der Waals surface area contributed by atoms with Crippen LogP contribution in [0.3, 0.4) is 0 Å². The van der Waals surface area contributed by atoms with Crippen LogP contribution in [0.1, 0.15) is 62.5 Å². The summed E-state index contributed by atoms with van der Waals surface area (Å²) in [5, 5.41) is 5.85. The summed E-state index contributed by atoms with van der Waals surface area (Å²) in [5.74, 6) is 0.979. The molecule has 0 saturated heterocycles. The van der Waals surface area contributed by atoms with Crippen LogP contribution in [0.4, 0.5) is 36.3 Å². The van der Waals surface area contributed by atoms with Gasteiger partial charge in [-0.25, -0.2) is 4.98 Å². The Morgan fingerprint density at radius 2 is 1.76 bits per heavy atom. The van der Waals surface area contributed by atoms with Gasteiger partial charge in [0.15, 0.2) is 0 Å². The second kappa shape index (κ2) is 10.8. The molecule has 1 heterocycles. The standard InChI is InChI=1S/C26H29F3N4O/c1-2-3-15-34-22-13-11-20(12-14-22)32-25-30-17-23(26(27,28)29)24(33-25)31-21-10-6-9-19(16-21)18-7-4-5-8-18/h6,9-14,16-18H,2-5,7-8,15H2,1H3,(H2,30,31,32,33). The normalized spacial score (nSPS) is 14.2. The zero-order chi connectivity index (χ0) is 24.0. The maximum absolute atomic E-state index is 13.7. The predicted molar refractivity (Wildman–Crippen MR) is 128 cm³/mol. The number of ether oxygens (including phenoxy) is 1. The number of unbranched alkanes of at least 4 members (excludes halogenated alkanes) is 1. The highest BCUT2D eigenvalue weighted by molar-refractivity contribution is 5.63. The smallest absolute Gasteiger partial charge is 0.421 e. The number of benzene rings is 2. The van der Waals surface area contributed by atoms with Gasteiger partial charge >= 0.3 is 6.18 Å². The van der Waals surface area contributed by atoms with E-state index < -0.39 is 11.7 Å². The molecule has 2 aromatic carbocycles. The third kappa shape index (κ3) is 6.18. The summed E-state index contributed by atoms with van der Waals surface area (Å²) < 4.78 is 46.6. The lowest BCUT2D eigenvalue weighted by molar-refractivity contribution is -0.137. The van der Waals surface area contributed by atoms with Crippen LogP contribution in [0.25, 0.3) is 0 Å². The first-order chi connectivity index (χ1) is 16.4. The summed E-state index contributed by atoms with van der Waals surface area (Å²) >= 11 is 0. The number of hydrogen-bond donors (Lipinski definition) is 2. The second-order valence-corrected chi connectivity index (χ2v) is 8.54. The molecule has 180 valence electrons. The van der Waals surface area contributed by atoms with Gasteiger partial charge in [0.2, 0.25) is 5.95 Å². The van der Waals surface area contributed by atoms with Gasteiger partial charge in [-0.15, -0.1) is 0 Å². The monoisotopic (exact) mass is 470 g/mol. The van der Waals surface area contributed by atoms with E-state index in [4.69, 9.17) is 4.74 Å². The van der Waals surface area contributed by atoms with Gasteiger partial charge in [0, 0.05) is 17.6 Å². The van der Waals surface area contributed by atoms with Crippen LogP contribution in [-0.2, 0) is 6.18 Å². The number of hydrogen-bond acceptors (Lipinski definition) is 5. The van der Waals surface area contributed by atoms with Crippen LogP contribution < -0.4 is 15.4 Å². The number of aromatic nitrogens is 2. The highest BCUT2D eigenvalue weighted by Gasteiger charge is 2.35. The molecule has 0 atom stereocenters. The maximum Gasteiger partial charge on any atom is 0.421 e. The average molecular weight is 471 g/mol. The van der Waals surface area contributed by atoms with E-state index in [1.165, 1.54) is 12.8 Å². The largest absolute Gasteiger partial charge is 0.494 e. The van der Waals surface area contributed by atoms with E-state index in [0.29, 0.717) is 23.9 Å². The molecule has 4 rings (SSSR count). The van der Waals surface area contributed by atoms with E-state index in [0.717, 1.165) is 43.2 Å². The van der Waals surface area contributed by atoms with Crippen LogP contribution in [0.2, 0.25) is 0 Å². The van der Waals surface area contributed by atoms with Crippen molar-refractivity contribution >= 4 is 23.1 Å². The summed E-state index contributed by atoms with van der Waals surface area (Å²) in [5.41, 5.74) is 1.46. The molecule has 0 amide bonds. The Bertz CT molecular complexity index is 1080. The number of anilines is 4. The first kappa shape index (κ1) is 23.9. The molecule has 0 radical (unpaired) electrons. The molecular weight excluding hydrogens is 441 g/mol. The van der Waals surface area contributed by atoms with Crippen LogP contribution in [0.5, 0.6) is 5.75 Å². The van der Waals surface area contributed by atoms with Crippen molar-refractivity contribution < 1.29 is 17.9 Å². The summed E-state index contributed by atoms with van der Waals surface area (Å²) in [4.78, 5) is 8.05. The molecule has 1 fully saturated rings. The third-order valence-corrected chi connectivity index (χ3v) is 5.95. The SMILES string of the molecule is CCCCOc1ccc(Nc2ncc(C(F)(F)F)c(Nc3cccc(C4CCCC4)c3)n2)cc1. The fraction of sp³-hybridized carbons (Fsp3) is 0.385. The van der Waals surface area contributed by atoms with Crippen molar-refractivity contribution in [1.29, 1.82) is 0 Å². The zero-order valence-electron chi connectivity index (χ0n) is 19.2. The Kier molecular flexibility index (Phi) is 7.55. The second-order valence-electron chi connectivity index (χ2n) is 8.54. The molecule has 0 bridgehead atoms. The van der Waals surface area contributed by atoms with Crippen LogP contribution in [0.15, 0.2) is 54.7 Å². The number of alkyl halides is 3. The number of halogens is 3. The Balaban J connectivity index is 1.53. The van der Waals surface area contributed by atoms with Gasteiger partial charge in [0.1, 0.15) is 17.1 Å². The molecule has 1 aliphatic carbocycles. The fourth-order valence-corrected chi connectivity index (χ4v) is 4.11. The quantitative estimate of drug-likeness (QED) is 0.312. The lowest BCUT2D eigenvalue weighted by Crippen LogP contribution is -2.12. The number of nitrogens with one attached hydrogen (secondary N) is 2. The molecule has 34 heavy (non-hydrogen) atoms. The van der Waals surface area contributed by atoms with Gasteiger partial charge in [-0.2, -0.15) is 18.2 Å². The maximum atomic E-state index is 13.7. The van der Waals surface area contributed by atoms with Crippen molar-refractivity contribution in [2.24, 2.45) is 0 Å². The number of nitrogens with zero attached hydrogens (tertiary/aromatic N) is 2. The summed E-state index contributed by atoms with van der Waals surface area (Å²) in [6, 6.07) is 14.7. The van der Waals surface area contributed by atoms with Crippen molar-refractivity contribution in [3.05, 3.63) is 65.9 Å². The summed E-state index contributed by atoms with van der Waals surface area (Å²) in [6.45, 7) is 2.73. The highest BCUT2D eigenvalue weighted by atomic mass is 19.4. The Labute approximate surface area is 197 Å². The van der Waals surface area contributed by atoms with Crippen molar-refractivity contribution in [2.75, 3.05) is 17.2 Å². The van der Waals surface area contributed by atoms with E-state index in [9.17, 15) is 13.2 Å². The van der Waals surface area contributed by atoms with Gasteiger partial charge in [-0.3, -0.25) is 0 Å². The minimum Gasteiger partial charge on any atom is -0.494 e. The van der Waals surface area contributed by atoms with E-state index in [2.05, 4.69) is 27.5 Å². The first-order valence-electron chi connectivity index (χ1n) is 11.7. The summed E-state index contributed by atoms with van der Waals surface area (Å²) in [6.07, 6.45) is 2.84. The highest BCUT2D eigenvalue weighted by Crippen LogP contribution is 2.37.